The molecule has 0 amide bonds. The van der Waals surface area contributed by atoms with Crippen LogP contribution in [-0.2, 0) is 4.74 Å². The third-order valence-corrected chi connectivity index (χ3v) is 1.29. The molecule has 0 heterocycles. The Morgan fingerprint density at radius 2 is 2.33 bits per heavy atom. The fraction of sp³-hybridized carbons (Fsp3) is 0.111. The minimum Gasteiger partial charge on any atom is -0.462 e. The minimum atomic E-state index is -0.551. The van der Waals surface area contributed by atoms with Crippen molar-refractivity contribution in [3.63, 3.8) is 0 Å². The molecule has 0 unspecified atom stereocenters. The van der Waals surface area contributed by atoms with Crippen LogP contribution in [-0.4, -0.2) is 12.6 Å². The number of hydrogen-bond donors (Lipinski definition) is 0. The SMILES string of the molecule is [CH2]COC(=O)c1cccc(F)c1. The molecule has 0 aromatic heterocycles. The Labute approximate surface area is 70.0 Å². The molecule has 63 valence electrons. The van der Waals surface area contributed by atoms with Crippen LogP contribution in [0.5, 0.6) is 0 Å². The van der Waals surface area contributed by atoms with Gasteiger partial charge in [-0.25, -0.2) is 9.18 Å². The van der Waals surface area contributed by atoms with Crippen molar-refractivity contribution >= 4 is 5.97 Å². The van der Waals surface area contributed by atoms with Crippen molar-refractivity contribution in [1.82, 2.24) is 0 Å². The molecule has 1 aromatic carbocycles. The number of halogens is 1. The Morgan fingerprint density at radius 3 is 2.92 bits per heavy atom. The standard InChI is InChI=1S/C9H8FO2/c1-2-12-9(11)7-4-3-5-8(10)6-7/h3-6H,1-2H2. The van der Waals surface area contributed by atoms with E-state index in [1.54, 1.807) is 0 Å². The molecule has 0 bridgehead atoms. The van der Waals surface area contributed by atoms with Gasteiger partial charge in [-0.3, -0.25) is 0 Å². The lowest BCUT2D eigenvalue weighted by molar-refractivity contribution is 0.0547. The Kier molecular flexibility index (Phi) is 2.80. The second-order valence-electron chi connectivity index (χ2n) is 2.15. The van der Waals surface area contributed by atoms with Gasteiger partial charge in [0.1, 0.15) is 5.82 Å². The van der Waals surface area contributed by atoms with Gasteiger partial charge in [-0.05, 0) is 25.1 Å². The lowest BCUT2D eigenvalue weighted by Crippen LogP contribution is -2.04. The molecule has 1 rings (SSSR count). The first-order valence-corrected chi connectivity index (χ1v) is 3.46. The average Bonchev–Trinajstić information content (AvgIpc) is 2.05. The summed E-state index contributed by atoms with van der Waals surface area (Å²) >= 11 is 0. The van der Waals surface area contributed by atoms with Crippen molar-refractivity contribution in [2.75, 3.05) is 6.61 Å². The molecular weight excluding hydrogens is 159 g/mol. The van der Waals surface area contributed by atoms with Gasteiger partial charge >= 0.3 is 5.97 Å². The van der Waals surface area contributed by atoms with E-state index in [2.05, 4.69) is 11.7 Å². The highest BCUT2D eigenvalue weighted by atomic mass is 19.1. The van der Waals surface area contributed by atoms with Gasteiger partial charge in [-0.15, -0.1) is 0 Å². The lowest BCUT2D eigenvalue weighted by atomic mass is 10.2. The molecule has 1 radical (unpaired) electrons. The van der Waals surface area contributed by atoms with Crippen LogP contribution in [0.3, 0.4) is 0 Å². The number of carbonyl (C=O) groups is 1. The maximum atomic E-state index is 12.5. The summed E-state index contributed by atoms with van der Waals surface area (Å²) in [6.45, 7) is 3.39. The number of benzene rings is 1. The summed E-state index contributed by atoms with van der Waals surface area (Å²) in [4.78, 5) is 11.0. The molecule has 0 aliphatic carbocycles. The molecule has 0 atom stereocenters. The van der Waals surface area contributed by atoms with Crippen molar-refractivity contribution in [2.24, 2.45) is 0 Å². The zero-order valence-electron chi connectivity index (χ0n) is 6.42. The highest BCUT2D eigenvalue weighted by Crippen LogP contribution is 2.04. The first-order chi connectivity index (χ1) is 5.74. The van der Waals surface area contributed by atoms with E-state index < -0.39 is 11.8 Å². The van der Waals surface area contributed by atoms with Crippen LogP contribution >= 0.6 is 0 Å². The third kappa shape index (κ3) is 2.05. The Bertz CT molecular complexity index is 284. The quantitative estimate of drug-likeness (QED) is 0.628. The maximum Gasteiger partial charge on any atom is 0.338 e. The number of ether oxygens (including phenoxy) is 1. The predicted octanol–water partition coefficient (Wildman–Crippen LogP) is 1.82. The third-order valence-electron chi connectivity index (χ3n) is 1.29. The van der Waals surface area contributed by atoms with Crippen LogP contribution in [0.2, 0.25) is 0 Å². The molecule has 0 N–H and O–H groups in total. The molecule has 0 saturated heterocycles. The van der Waals surface area contributed by atoms with E-state index in [1.165, 1.54) is 18.2 Å². The van der Waals surface area contributed by atoms with Crippen LogP contribution in [0, 0.1) is 12.7 Å². The van der Waals surface area contributed by atoms with Gasteiger partial charge in [0.2, 0.25) is 0 Å². The van der Waals surface area contributed by atoms with Crippen LogP contribution in [0.1, 0.15) is 10.4 Å². The summed E-state index contributed by atoms with van der Waals surface area (Å²) in [6, 6.07) is 5.33. The molecular formula is C9H8FO2. The lowest BCUT2D eigenvalue weighted by Gasteiger charge is -2.00. The molecule has 0 fully saturated rings. The topological polar surface area (TPSA) is 26.3 Å². The molecule has 3 heteroatoms. The summed E-state index contributed by atoms with van der Waals surface area (Å²) in [6.07, 6.45) is 0. The zero-order chi connectivity index (χ0) is 8.97. The smallest absolute Gasteiger partial charge is 0.338 e. The molecule has 0 saturated carbocycles. The van der Waals surface area contributed by atoms with E-state index in [1.807, 2.05) is 0 Å². The molecule has 1 aromatic rings. The van der Waals surface area contributed by atoms with E-state index in [0.29, 0.717) is 0 Å². The fourth-order valence-corrected chi connectivity index (χ4v) is 0.791. The number of esters is 1. The summed E-state index contributed by atoms with van der Waals surface area (Å²) in [5.74, 6) is -1.00. The predicted molar refractivity (Wildman–Crippen MR) is 42.0 cm³/mol. The molecule has 0 aliphatic rings. The second-order valence-corrected chi connectivity index (χ2v) is 2.15. The van der Waals surface area contributed by atoms with Crippen molar-refractivity contribution in [2.45, 2.75) is 0 Å². The average molecular weight is 167 g/mol. The Hall–Kier alpha value is -1.38. The monoisotopic (exact) mass is 167 g/mol. The zero-order valence-corrected chi connectivity index (χ0v) is 6.42. The van der Waals surface area contributed by atoms with E-state index >= 15 is 0 Å². The van der Waals surface area contributed by atoms with E-state index in [9.17, 15) is 9.18 Å². The number of rotatable bonds is 2. The van der Waals surface area contributed by atoms with Gasteiger partial charge in [0, 0.05) is 0 Å². The highest BCUT2D eigenvalue weighted by Gasteiger charge is 2.05. The van der Waals surface area contributed by atoms with Crippen molar-refractivity contribution in [3.05, 3.63) is 42.6 Å². The number of carbonyl (C=O) groups excluding carboxylic acids is 1. The van der Waals surface area contributed by atoms with Crippen molar-refractivity contribution in [3.8, 4) is 0 Å². The van der Waals surface area contributed by atoms with Crippen LogP contribution in [0.4, 0.5) is 4.39 Å². The Balaban J connectivity index is 2.81. The number of hydrogen-bond acceptors (Lipinski definition) is 2. The van der Waals surface area contributed by atoms with Crippen LogP contribution < -0.4 is 0 Å². The highest BCUT2D eigenvalue weighted by molar-refractivity contribution is 5.89. The van der Waals surface area contributed by atoms with Crippen LogP contribution in [0.15, 0.2) is 24.3 Å². The maximum absolute atomic E-state index is 12.5. The second kappa shape index (κ2) is 3.85. The van der Waals surface area contributed by atoms with E-state index in [-0.39, 0.29) is 12.2 Å². The molecule has 2 nitrogen and oxygen atoms in total. The molecule has 0 spiro atoms. The summed E-state index contributed by atoms with van der Waals surface area (Å²) < 4.78 is 17.1. The first kappa shape index (κ1) is 8.71. The van der Waals surface area contributed by atoms with Gasteiger partial charge in [-0.1, -0.05) is 6.07 Å². The normalized spacial score (nSPS) is 9.50. The summed E-state index contributed by atoms with van der Waals surface area (Å²) in [5.41, 5.74) is 0.207. The Morgan fingerprint density at radius 1 is 1.58 bits per heavy atom. The van der Waals surface area contributed by atoms with Crippen LogP contribution in [0.25, 0.3) is 0 Å². The van der Waals surface area contributed by atoms with Crippen molar-refractivity contribution < 1.29 is 13.9 Å². The van der Waals surface area contributed by atoms with E-state index in [0.717, 1.165) is 6.07 Å². The molecule has 12 heavy (non-hydrogen) atoms. The van der Waals surface area contributed by atoms with Gasteiger partial charge in [0.25, 0.3) is 0 Å². The van der Waals surface area contributed by atoms with Crippen molar-refractivity contribution in [1.29, 1.82) is 0 Å². The largest absolute Gasteiger partial charge is 0.462 e. The van der Waals surface area contributed by atoms with Gasteiger partial charge < -0.3 is 4.74 Å². The molecule has 0 aliphatic heterocycles. The van der Waals surface area contributed by atoms with Gasteiger partial charge in [0.05, 0.1) is 12.2 Å². The minimum absolute atomic E-state index is 0.0509. The van der Waals surface area contributed by atoms with Gasteiger partial charge in [0.15, 0.2) is 0 Å². The van der Waals surface area contributed by atoms with Gasteiger partial charge in [-0.2, -0.15) is 0 Å². The fourth-order valence-electron chi connectivity index (χ4n) is 0.791. The summed E-state index contributed by atoms with van der Waals surface area (Å²) in [5, 5.41) is 0. The first-order valence-electron chi connectivity index (χ1n) is 3.46. The summed E-state index contributed by atoms with van der Waals surface area (Å²) in [7, 11) is 0. The van der Waals surface area contributed by atoms with E-state index in [4.69, 9.17) is 0 Å².